The molecule has 0 aliphatic carbocycles. The second kappa shape index (κ2) is 6.39. The number of aryl methyl sites for hydroxylation is 3. The van der Waals surface area contributed by atoms with Gasteiger partial charge in [-0.2, -0.15) is 4.98 Å². The molecular weight excluding hydrogens is 318 g/mol. The highest BCUT2D eigenvalue weighted by atomic mass is 16.5. The lowest BCUT2D eigenvalue weighted by Gasteiger charge is -2.02. The average molecular weight is 335 g/mol. The maximum absolute atomic E-state index is 5.48. The zero-order valence-corrected chi connectivity index (χ0v) is 14.0. The first-order valence-electron chi connectivity index (χ1n) is 8.04. The quantitative estimate of drug-likeness (QED) is 0.549. The molecule has 0 aliphatic heterocycles. The van der Waals surface area contributed by atoms with Gasteiger partial charge in [0, 0.05) is 18.9 Å². The van der Waals surface area contributed by atoms with E-state index in [2.05, 4.69) is 21.2 Å². The van der Waals surface area contributed by atoms with Gasteiger partial charge in [0.05, 0.1) is 7.11 Å². The normalized spacial score (nSPS) is 11.1. The summed E-state index contributed by atoms with van der Waals surface area (Å²) in [5, 5.41) is 4.08. The SMILES string of the molecule is COc1cccc(CCc2nc(-c3ccc4oc(C)nc4c3)no2)c1. The fourth-order valence-electron chi connectivity index (χ4n) is 2.73. The second-order valence-electron chi connectivity index (χ2n) is 5.78. The highest BCUT2D eigenvalue weighted by Crippen LogP contribution is 2.23. The molecule has 6 heteroatoms. The zero-order chi connectivity index (χ0) is 17.2. The standard InChI is InChI=1S/C19H17N3O3/c1-12-20-16-11-14(7-8-17(16)24-12)19-21-18(25-22-19)9-6-13-4-3-5-15(10-13)23-2/h3-5,7-8,10-11H,6,9H2,1-2H3. The van der Waals surface area contributed by atoms with Crippen LogP contribution in [0.1, 0.15) is 17.3 Å². The predicted octanol–water partition coefficient (Wildman–Crippen LogP) is 3.98. The molecule has 0 bridgehead atoms. The Morgan fingerprint density at radius 1 is 1.04 bits per heavy atom. The maximum atomic E-state index is 5.48. The molecule has 2 heterocycles. The Morgan fingerprint density at radius 2 is 1.96 bits per heavy atom. The number of ether oxygens (including phenoxy) is 1. The predicted molar refractivity (Wildman–Crippen MR) is 92.4 cm³/mol. The van der Waals surface area contributed by atoms with Crippen LogP contribution in [0.5, 0.6) is 5.75 Å². The van der Waals surface area contributed by atoms with Crippen LogP contribution in [-0.4, -0.2) is 22.2 Å². The van der Waals surface area contributed by atoms with Gasteiger partial charge in [-0.1, -0.05) is 17.3 Å². The smallest absolute Gasteiger partial charge is 0.227 e. The minimum absolute atomic E-state index is 0.559. The van der Waals surface area contributed by atoms with E-state index in [0.29, 0.717) is 24.0 Å². The first-order chi connectivity index (χ1) is 12.2. The van der Waals surface area contributed by atoms with Crippen molar-refractivity contribution in [2.24, 2.45) is 0 Å². The fourth-order valence-corrected chi connectivity index (χ4v) is 2.73. The molecular formula is C19H17N3O3. The van der Waals surface area contributed by atoms with Crippen LogP contribution in [0.25, 0.3) is 22.5 Å². The molecule has 126 valence electrons. The topological polar surface area (TPSA) is 74.2 Å². The molecule has 2 aromatic heterocycles. The van der Waals surface area contributed by atoms with Gasteiger partial charge < -0.3 is 13.7 Å². The molecule has 0 saturated carbocycles. The summed E-state index contributed by atoms with van der Waals surface area (Å²) < 4.78 is 16.1. The van der Waals surface area contributed by atoms with E-state index in [-0.39, 0.29) is 0 Å². The number of rotatable bonds is 5. The Hall–Kier alpha value is -3.15. The Balaban J connectivity index is 1.50. The van der Waals surface area contributed by atoms with Gasteiger partial charge in [0.2, 0.25) is 11.7 Å². The second-order valence-corrected chi connectivity index (χ2v) is 5.78. The van der Waals surface area contributed by atoms with Crippen molar-refractivity contribution < 1.29 is 13.7 Å². The number of oxazole rings is 1. The molecule has 2 aromatic carbocycles. The Morgan fingerprint density at radius 3 is 2.84 bits per heavy atom. The van der Waals surface area contributed by atoms with Crippen molar-refractivity contribution in [1.29, 1.82) is 0 Å². The molecule has 0 fully saturated rings. The van der Waals surface area contributed by atoms with Gasteiger partial charge in [0.1, 0.15) is 11.3 Å². The third-order valence-electron chi connectivity index (χ3n) is 3.98. The summed E-state index contributed by atoms with van der Waals surface area (Å²) in [6.07, 6.45) is 1.48. The monoisotopic (exact) mass is 335 g/mol. The summed E-state index contributed by atoms with van der Waals surface area (Å²) in [6.45, 7) is 1.82. The molecule has 0 atom stereocenters. The van der Waals surface area contributed by atoms with Gasteiger partial charge in [0.25, 0.3) is 0 Å². The van der Waals surface area contributed by atoms with Crippen molar-refractivity contribution in [2.45, 2.75) is 19.8 Å². The van der Waals surface area contributed by atoms with Crippen LogP contribution in [0.15, 0.2) is 51.4 Å². The van der Waals surface area contributed by atoms with Crippen molar-refractivity contribution in [3.63, 3.8) is 0 Å². The summed E-state index contributed by atoms with van der Waals surface area (Å²) >= 11 is 0. The first kappa shape index (κ1) is 15.4. The molecule has 4 aromatic rings. The highest BCUT2D eigenvalue weighted by molar-refractivity contribution is 5.78. The van der Waals surface area contributed by atoms with E-state index >= 15 is 0 Å². The third kappa shape index (κ3) is 3.24. The number of fused-ring (bicyclic) bond motifs is 1. The van der Waals surface area contributed by atoms with E-state index in [4.69, 9.17) is 13.7 Å². The van der Waals surface area contributed by atoms with Crippen molar-refractivity contribution in [3.05, 3.63) is 59.8 Å². The van der Waals surface area contributed by atoms with Crippen molar-refractivity contribution in [3.8, 4) is 17.1 Å². The molecule has 0 radical (unpaired) electrons. The maximum Gasteiger partial charge on any atom is 0.227 e. The molecule has 4 rings (SSSR count). The Bertz CT molecular complexity index is 1020. The van der Waals surface area contributed by atoms with Crippen LogP contribution in [0.2, 0.25) is 0 Å². The molecule has 0 amide bonds. The molecule has 0 aliphatic rings. The lowest BCUT2D eigenvalue weighted by molar-refractivity contribution is 0.378. The summed E-state index contributed by atoms with van der Waals surface area (Å²) in [5.74, 6) is 2.65. The van der Waals surface area contributed by atoms with Crippen LogP contribution in [-0.2, 0) is 12.8 Å². The fraction of sp³-hybridized carbons (Fsp3) is 0.211. The Kier molecular flexibility index (Phi) is 3.93. The van der Waals surface area contributed by atoms with E-state index in [9.17, 15) is 0 Å². The van der Waals surface area contributed by atoms with Crippen LogP contribution < -0.4 is 4.74 Å². The van der Waals surface area contributed by atoms with Crippen LogP contribution in [0.4, 0.5) is 0 Å². The average Bonchev–Trinajstić information content (AvgIpc) is 3.25. The van der Waals surface area contributed by atoms with E-state index in [1.165, 1.54) is 5.56 Å². The number of hydrogen-bond acceptors (Lipinski definition) is 6. The molecule has 6 nitrogen and oxygen atoms in total. The van der Waals surface area contributed by atoms with E-state index in [1.54, 1.807) is 7.11 Å². The molecule has 0 N–H and O–H groups in total. The summed E-state index contributed by atoms with van der Waals surface area (Å²) in [5.41, 5.74) is 3.57. The van der Waals surface area contributed by atoms with Gasteiger partial charge in [-0.15, -0.1) is 0 Å². The third-order valence-corrected chi connectivity index (χ3v) is 3.98. The highest BCUT2D eigenvalue weighted by Gasteiger charge is 2.11. The lowest BCUT2D eigenvalue weighted by Crippen LogP contribution is -1.93. The van der Waals surface area contributed by atoms with Gasteiger partial charge in [-0.3, -0.25) is 0 Å². The van der Waals surface area contributed by atoms with Gasteiger partial charge in [-0.25, -0.2) is 4.98 Å². The summed E-state index contributed by atoms with van der Waals surface area (Å²) in [6, 6.07) is 13.7. The van der Waals surface area contributed by atoms with E-state index in [0.717, 1.165) is 28.8 Å². The van der Waals surface area contributed by atoms with Crippen molar-refractivity contribution in [2.75, 3.05) is 7.11 Å². The number of benzene rings is 2. The van der Waals surface area contributed by atoms with Gasteiger partial charge in [0.15, 0.2) is 11.5 Å². The number of hydrogen-bond donors (Lipinski definition) is 0. The van der Waals surface area contributed by atoms with E-state index in [1.807, 2.05) is 43.3 Å². The van der Waals surface area contributed by atoms with Crippen LogP contribution in [0, 0.1) is 6.92 Å². The molecule has 25 heavy (non-hydrogen) atoms. The van der Waals surface area contributed by atoms with Crippen LogP contribution in [0.3, 0.4) is 0 Å². The minimum atomic E-state index is 0.559. The summed E-state index contributed by atoms with van der Waals surface area (Å²) in [4.78, 5) is 8.82. The zero-order valence-electron chi connectivity index (χ0n) is 14.0. The number of methoxy groups -OCH3 is 1. The van der Waals surface area contributed by atoms with E-state index < -0.39 is 0 Å². The van der Waals surface area contributed by atoms with Gasteiger partial charge in [-0.05, 0) is 42.3 Å². The molecule has 0 saturated heterocycles. The largest absolute Gasteiger partial charge is 0.497 e. The summed E-state index contributed by atoms with van der Waals surface area (Å²) in [7, 11) is 1.66. The van der Waals surface area contributed by atoms with Crippen LogP contribution >= 0.6 is 0 Å². The lowest BCUT2D eigenvalue weighted by atomic mass is 10.1. The molecule has 0 spiro atoms. The van der Waals surface area contributed by atoms with Crippen molar-refractivity contribution in [1.82, 2.24) is 15.1 Å². The first-order valence-corrected chi connectivity index (χ1v) is 8.04. The van der Waals surface area contributed by atoms with Gasteiger partial charge >= 0.3 is 0 Å². The Labute approximate surface area is 144 Å². The number of nitrogens with zero attached hydrogens (tertiary/aromatic N) is 3. The molecule has 0 unspecified atom stereocenters. The number of aromatic nitrogens is 3. The minimum Gasteiger partial charge on any atom is -0.497 e. The van der Waals surface area contributed by atoms with Crippen molar-refractivity contribution >= 4 is 11.1 Å².